The molecular weight excluding hydrogens is 281 g/mol. The summed E-state index contributed by atoms with van der Waals surface area (Å²) in [5.74, 6) is 5.10. The summed E-state index contributed by atoms with van der Waals surface area (Å²) in [7, 11) is -3.08. The predicted octanol–water partition coefficient (Wildman–Crippen LogP) is 1.33. The van der Waals surface area contributed by atoms with E-state index in [1.807, 2.05) is 0 Å². The maximum Gasteiger partial charge on any atom is 0.150 e. The first-order valence-corrected chi connectivity index (χ1v) is 8.64. The molecule has 1 aliphatic rings. The number of hydrogen-bond acceptors (Lipinski definition) is 5. The fourth-order valence-corrected chi connectivity index (χ4v) is 4.13. The quantitative estimate of drug-likeness (QED) is 0.647. The minimum Gasteiger partial charge on any atom is -0.271 e. The summed E-state index contributed by atoms with van der Waals surface area (Å²) in [6, 6.07) is 2.40. The van der Waals surface area contributed by atoms with Gasteiger partial charge in [-0.2, -0.15) is 0 Å². The lowest BCUT2D eigenvalue weighted by Gasteiger charge is -2.33. The molecule has 1 saturated carbocycles. The van der Waals surface area contributed by atoms with Crippen LogP contribution in [0.15, 0.2) is 18.3 Å². The molecule has 0 aromatic carbocycles. The van der Waals surface area contributed by atoms with Gasteiger partial charge in [-0.15, -0.1) is 0 Å². The molecule has 0 aliphatic heterocycles. The van der Waals surface area contributed by atoms with Crippen LogP contribution in [0.1, 0.15) is 37.4 Å². The second kappa shape index (κ2) is 6.15. The highest BCUT2D eigenvalue weighted by Crippen LogP contribution is 2.36. The van der Waals surface area contributed by atoms with E-state index < -0.39 is 21.7 Å². The van der Waals surface area contributed by atoms with E-state index in [9.17, 15) is 12.8 Å². The molecule has 1 aromatic rings. The van der Waals surface area contributed by atoms with Gasteiger partial charge in [0.2, 0.25) is 0 Å². The Morgan fingerprint density at radius 2 is 2.25 bits per heavy atom. The van der Waals surface area contributed by atoms with Crippen molar-refractivity contribution in [3.8, 4) is 0 Å². The molecule has 1 aliphatic carbocycles. The van der Waals surface area contributed by atoms with Gasteiger partial charge in [-0.3, -0.25) is 16.3 Å². The highest BCUT2D eigenvalue weighted by atomic mass is 32.2. The number of hydrogen-bond donors (Lipinski definition) is 2. The zero-order valence-corrected chi connectivity index (χ0v) is 12.2. The summed E-state index contributed by atoms with van der Waals surface area (Å²) in [6.07, 6.45) is 5.54. The Balaban J connectivity index is 2.22. The Bertz CT molecular complexity index is 564. The topological polar surface area (TPSA) is 85.1 Å². The van der Waals surface area contributed by atoms with Crippen molar-refractivity contribution in [3.63, 3.8) is 0 Å². The number of nitrogens with two attached hydrogens (primary N) is 1. The molecule has 3 N–H and O–H groups in total. The van der Waals surface area contributed by atoms with E-state index >= 15 is 0 Å². The van der Waals surface area contributed by atoms with Crippen LogP contribution in [-0.2, 0) is 9.84 Å². The summed E-state index contributed by atoms with van der Waals surface area (Å²) in [5, 5.41) is -0.371. The van der Waals surface area contributed by atoms with Crippen LogP contribution in [0.2, 0.25) is 0 Å². The number of rotatable bonds is 4. The summed E-state index contributed by atoms with van der Waals surface area (Å²) in [4.78, 5) is 4.04. The van der Waals surface area contributed by atoms with Gasteiger partial charge in [-0.25, -0.2) is 12.8 Å². The van der Waals surface area contributed by atoms with E-state index in [0.717, 1.165) is 12.8 Å². The van der Waals surface area contributed by atoms with Crippen molar-refractivity contribution in [1.82, 2.24) is 10.4 Å². The molecule has 3 unspecified atom stereocenters. The van der Waals surface area contributed by atoms with E-state index in [0.29, 0.717) is 12.8 Å². The lowest BCUT2D eigenvalue weighted by molar-refractivity contribution is 0.265. The average molecular weight is 301 g/mol. The van der Waals surface area contributed by atoms with Crippen LogP contribution < -0.4 is 11.3 Å². The van der Waals surface area contributed by atoms with Crippen molar-refractivity contribution in [3.05, 3.63) is 29.8 Å². The summed E-state index contributed by atoms with van der Waals surface area (Å²) in [6.45, 7) is 0. The largest absolute Gasteiger partial charge is 0.271 e. The van der Waals surface area contributed by atoms with E-state index in [-0.39, 0.29) is 16.9 Å². The van der Waals surface area contributed by atoms with Crippen molar-refractivity contribution in [2.45, 2.75) is 37.0 Å². The van der Waals surface area contributed by atoms with Crippen LogP contribution in [0.4, 0.5) is 4.39 Å². The van der Waals surface area contributed by atoms with E-state index in [2.05, 4.69) is 10.4 Å². The molecule has 1 heterocycles. The molecule has 0 amide bonds. The van der Waals surface area contributed by atoms with Crippen LogP contribution >= 0.6 is 0 Å². The van der Waals surface area contributed by atoms with Crippen molar-refractivity contribution in [2.75, 3.05) is 6.26 Å². The van der Waals surface area contributed by atoms with Gasteiger partial charge in [0.25, 0.3) is 0 Å². The molecule has 2 rings (SSSR count). The van der Waals surface area contributed by atoms with Gasteiger partial charge in [-0.05, 0) is 37.3 Å². The minimum absolute atomic E-state index is 0.0297. The molecule has 1 fully saturated rings. The van der Waals surface area contributed by atoms with Crippen LogP contribution in [0.3, 0.4) is 0 Å². The Morgan fingerprint density at radius 3 is 2.85 bits per heavy atom. The summed E-state index contributed by atoms with van der Waals surface area (Å²) < 4.78 is 37.2. The number of nitrogens with one attached hydrogen (secondary N) is 1. The molecule has 0 spiro atoms. The third-order valence-corrected chi connectivity index (χ3v) is 5.64. The van der Waals surface area contributed by atoms with Gasteiger partial charge in [-0.1, -0.05) is 6.42 Å². The summed E-state index contributed by atoms with van der Waals surface area (Å²) >= 11 is 0. The standard InChI is InChI=1S/C13H20FN3O2S/c1-20(18,19)10-5-2-4-9(8-10)12(17-15)13-11(14)6-3-7-16-13/h3,6-7,9-10,12,17H,2,4-5,8,15H2,1H3. The fraction of sp³-hybridized carbons (Fsp3) is 0.615. The molecule has 0 radical (unpaired) electrons. The van der Waals surface area contributed by atoms with Gasteiger partial charge >= 0.3 is 0 Å². The monoisotopic (exact) mass is 301 g/mol. The predicted molar refractivity (Wildman–Crippen MR) is 74.8 cm³/mol. The van der Waals surface area contributed by atoms with Crippen molar-refractivity contribution in [1.29, 1.82) is 0 Å². The lowest BCUT2D eigenvalue weighted by Crippen LogP contribution is -2.39. The SMILES string of the molecule is CS(=O)(=O)C1CCCC(C(NN)c2ncccc2F)C1. The first kappa shape index (κ1) is 15.3. The van der Waals surface area contributed by atoms with Gasteiger partial charge in [0.15, 0.2) is 0 Å². The van der Waals surface area contributed by atoms with Crippen molar-refractivity contribution >= 4 is 9.84 Å². The number of aromatic nitrogens is 1. The third kappa shape index (κ3) is 3.34. The van der Waals surface area contributed by atoms with Crippen LogP contribution in [0.5, 0.6) is 0 Å². The maximum absolute atomic E-state index is 13.8. The highest BCUT2D eigenvalue weighted by Gasteiger charge is 2.34. The number of hydrazine groups is 1. The molecule has 1 aromatic heterocycles. The van der Waals surface area contributed by atoms with E-state index in [4.69, 9.17) is 5.84 Å². The van der Waals surface area contributed by atoms with Gasteiger partial charge < -0.3 is 0 Å². The van der Waals surface area contributed by atoms with Crippen LogP contribution in [0, 0.1) is 11.7 Å². The Hall–Kier alpha value is -1.05. The Morgan fingerprint density at radius 1 is 1.50 bits per heavy atom. The lowest BCUT2D eigenvalue weighted by atomic mass is 9.82. The number of pyridine rings is 1. The molecule has 112 valence electrons. The molecule has 7 heteroatoms. The first-order valence-electron chi connectivity index (χ1n) is 6.69. The normalized spacial score (nSPS) is 25.4. The highest BCUT2D eigenvalue weighted by molar-refractivity contribution is 7.91. The number of nitrogens with zero attached hydrogens (tertiary/aromatic N) is 1. The molecule has 5 nitrogen and oxygen atoms in total. The molecule has 3 atom stereocenters. The van der Waals surface area contributed by atoms with Crippen molar-refractivity contribution < 1.29 is 12.8 Å². The first-order chi connectivity index (χ1) is 9.43. The molecular formula is C13H20FN3O2S. The number of sulfone groups is 1. The Labute approximate surface area is 118 Å². The Kier molecular flexibility index (Phi) is 4.72. The summed E-state index contributed by atoms with van der Waals surface area (Å²) in [5.41, 5.74) is 2.86. The molecule has 20 heavy (non-hydrogen) atoms. The maximum atomic E-state index is 13.8. The zero-order chi connectivity index (χ0) is 14.8. The molecule has 0 bridgehead atoms. The van der Waals surface area contributed by atoms with Gasteiger partial charge in [0, 0.05) is 12.5 Å². The smallest absolute Gasteiger partial charge is 0.150 e. The second-order valence-corrected chi connectivity index (χ2v) is 7.72. The van der Waals surface area contributed by atoms with E-state index in [1.165, 1.54) is 24.6 Å². The fourth-order valence-electron chi connectivity index (χ4n) is 2.94. The van der Waals surface area contributed by atoms with Crippen LogP contribution in [-0.4, -0.2) is 24.9 Å². The van der Waals surface area contributed by atoms with E-state index in [1.54, 1.807) is 0 Å². The zero-order valence-electron chi connectivity index (χ0n) is 11.4. The third-order valence-electron chi connectivity index (χ3n) is 4.00. The van der Waals surface area contributed by atoms with Crippen molar-refractivity contribution in [2.24, 2.45) is 11.8 Å². The number of halogens is 1. The van der Waals surface area contributed by atoms with Crippen LogP contribution in [0.25, 0.3) is 0 Å². The second-order valence-electron chi connectivity index (χ2n) is 5.39. The van der Waals surface area contributed by atoms with Gasteiger partial charge in [0.1, 0.15) is 15.7 Å². The molecule has 0 saturated heterocycles. The minimum atomic E-state index is -3.08. The van der Waals surface area contributed by atoms with Gasteiger partial charge in [0.05, 0.1) is 17.0 Å². The average Bonchev–Trinajstić information content (AvgIpc) is 2.41.